The lowest BCUT2D eigenvalue weighted by Gasteiger charge is -2.23. The molecule has 6 heteroatoms. The van der Waals surface area contributed by atoms with Gasteiger partial charge in [-0.2, -0.15) is 0 Å². The Balaban J connectivity index is 1.60. The van der Waals surface area contributed by atoms with Gasteiger partial charge in [-0.1, -0.05) is 91.0 Å². The van der Waals surface area contributed by atoms with E-state index in [0.29, 0.717) is 17.7 Å². The van der Waals surface area contributed by atoms with Gasteiger partial charge in [-0.3, -0.25) is 14.4 Å². The molecule has 0 fully saturated rings. The van der Waals surface area contributed by atoms with Crippen molar-refractivity contribution in [3.63, 3.8) is 0 Å². The monoisotopic (exact) mass is 477 g/mol. The Hall–Kier alpha value is -4.71. The lowest BCUT2D eigenvalue weighted by Crippen LogP contribution is -2.47. The Kier molecular flexibility index (Phi) is 7.88. The molecule has 0 radical (unpaired) electrons. The van der Waals surface area contributed by atoms with E-state index in [9.17, 15) is 14.4 Å². The van der Waals surface area contributed by atoms with Crippen molar-refractivity contribution in [1.82, 2.24) is 5.32 Å². The molecule has 6 nitrogen and oxygen atoms in total. The molecule has 0 aliphatic rings. The summed E-state index contributed by atoms with van der Waals surface area (Å²) in [5.74, 6) is -1.75. The summed E-state index contributed by atoms with van der Waals surface area (Å²) in [5, 5.41) is 5.83. The lowest BCUT2D eigenvalue weighted by atomic mass is 9.90. The highest BCUT2D eigenvalue weighted by atomic mass is 16.2. The number of anilines is 1. The summed E-state index contributed by atoms with van der Waals surface area (Å²) in [6.45, 7) is 0. The minimum Gasteiger partial charge on any atom is -0.366 e. The van der Waals surface area contributed by atoms with Crippen LogP contribution in [-0.4, -0.2) is 23.8 Å². The van der Waals surface area contributed by atoms with E-state index in [1.54, 1.807) is 24.3 Å². The predicted molar refractivity (Wildman–Crippen MR) is 140 cm³/mol. The topological polar surface area (TPSA) is 101 Å². The van der Waals surface area contributed by atoms with Gasteiger partial charge in [0.2, 0.25) is 17.7 Å². The standard InChI is InChI=1S/C30H27N3O3/c31-28(34)24-16-18-25(19-17-24)32-29(35)26(20-21-10-4-1-5-11-21)33-30(36)27(22-12-6-2-7-13-22)23-14-8-3-9-15-23/h1-19,26-27H,20H2,(H2,31,34)(H,32,35)(H,33,36)/t26-/m0/s1. The first-order chi connectivity index (χ1) is 17.5. The van der Waals surface area contributed by atoms with Crippen LogP contribution in [0.3, 0.4) is 0 Å². The van der Waals surface area contributed by atoms with Gasteiger partial charge in [-0.25, -0.2) is 0 Å². The van der Waals surface area contributed by atoms with Gasteiger partial charge in [-0.15, -0.1) is 0 Å². The number of hydrogen-bond acceptors (Lipinski definition) is 3. The SMILES string of the molecule is NC(=O)c1ccc(NC(=O)[C@H](Cc2ccccc2)NC(=O)C(c2ccccc2)c2ccccc2)cc1. The minimum absolute atomic E-state index is 0.271. The van der Waals surface area contributed by atoms with Crippen molar-refractivity contribution in [3.8, 4) is 0 Å². The average Bonchev–Trinajstić information content (AvgIpc) is 2.90. The molecule has 0 saturated heterocycles. The van der Waals surface area contributed by atoms with Gasteiger partial charge in [0.15, 0.2) is 0 Å². The van der Waals surface area contributed by atoms with Crippen LogP contribution in [0.25, 0.3) is 0 Å². The first kappa shape index (κ1) is 24.4. The van der Waals surface area contributed by atoms with E-state index in [1.807, 2.05) is 91.0 Å². The Morgan fingerprint density at radius 1 is 0.639 bits per heavy atom. The number of nitrogens with one attached hydrogen (secondary N) is 2. The highest BCUT2D eigenvalue weighted by Gasteiger charge is 2.28. The van der Waals surface area contributed by atoms with Crippen LogP contribution < -0.4 is 16.4 Å². The van der Waals surface area contributed by atoms with Gasteiger partial charge in [0, 0.05) is 17.7 Å². The van der Waals surface area contributed by atoms with Gasteiger partial charge in [0.1, 0.15) is 6.04 Å². The Bertz CT molecular complexity index is 1270. The van der Waals surface area contributed by atoms with E-state index < -0.39 is 17.9 Å². The Morgan fingerprint density at radius 2 is 1.14 bits per heavy atom. The molecule has 1 atom stereocenters. The van der Waals surface area contributed by atoms with Crippen LogP contribution >= 0.6 is 0 Å². The van der Waals surface area contributed by atoms with Crippen molar-refractivity contribution in [3.05, 3.63) is 138 Å². The fourth-order valence-corrected chi connectivity index (χ4v) is 4.05. The third-order valence-electron chi connectivity index (χ3n) is 5.88. The zero-order valence-electron chi connectivity index (χ0n) is 19.6. The molecule has 0 aromatic heterocycles. The van der Waals surface area contributed by atoms with E-state index >= 15 is 0 Å². The normalized spacial score (nSPS) is 11.5. The first-order valence-corrected chi connectivity index (χ1v) is 11.7. The molecule has 0 heterocycles. The van der Waals surface area contributed by atoms with Gasteiger partial charge in [0.25, 0.3) is 0 Å². The van der Waals surface area contributed by atoms with Gasteiger partial charge in [-0.05, 0) is 41.0 Å². The van der Waals surface area contributed by atoms with Crippen molar-refractivity contribution in [1.29, 1.82) is 0 Å². The highest BCUT2D eigenvalue weighted by Crippen LogP contribution is 2.25. The number of hydrogen-bond donors (Lipinski definition) is 3. The summed E-state index contributed by atoms with van der Waals surface area (Å²) in [6.07, 6.45) is 0.314. The molecule has 4 N–H and O–H groups in total. The number of amides is 3. The van der Waals surface area contributed by atoms with Crippen LogP contribution in [0, 0.1) is 0 Å². The fraction of sp³-hybridized carbons (Fsp3) is 0.100. The molecular formula is C30H27N3O3. The maximum Gasteiger partial charge on any atom is 0.248 e. The van der Waals surface area contributed by atoms with Crippen LogP contribution in [0.1, 0.15) is 33.0 Å². The predicted octanol–water partition coefficient (Wildman–Crippen LogP) is 4.28. The first-order valence-electron chi connectivity index (χ1n) is 11.7. The molecule has 36 heavy (non-hydrogen) atoms. The third kappa shape index (κ3) is 6.24. The summed E-state index contributed by atoms with van der Waals surface area (Å²) < 4.78 is 0. The molecule has 0 unspecified atom stereocenters. The van der Waals surface area contributed by atoms with Crippen molar-refractivity contribution < 1.29 is 14.4 Å². The quantitative estimate of drug-likeness (QED) is 0.335. The van der Waals surface area contributed by atoms with Crippen LogP contribution in [0.15, 0.2) is 115 Å². The molecule has 0 saturated carbocycles. The van der Waals surface area contributed by atoms with Gasteiger partial charge in [0.05, 0.1) is 5.92 Å². The minimum atomic E-state index is -0.828. The number of carbonyl (C=O) groups is 3. The maximum atomic E-state index is 13.7. The second-order valence-corrected chi connectivity index (χ2v) is 8.44. The smallest absolute Gasteiger partial charge is 0.248 e. The van der Waals surface area contributed by atoms with E-state index in [0.717, 1.165) is 16.7 Å². The summed E-state index contributed by atoms with van der Waals surface area (Å²) in [4.78, 5) is 38.4. The molecule has 4 rings (SSSR count). The number of benzene rings is 4. The van der Waals surface area contributed by atoms with Crippen molar-refractivity contribution >= 4 is 23.4 Å². The van der Waals surface area contributed by atoms with Crippen LogP contribution in [-0.2, 0) is 16.0 Å². The van der Waals surface area contributed by atoms with E-state index in [-0.39, 0.29) is 11.8 Å². The number of nitrogens with two attached hydrogens (primary N) is 1. The molecule has 0 spiro atoms. The number of primary amides is 1. The van der Waals surface area contributed by atoms with Crippen molar-refractivity contribution in [2.45, 2.75) is 18.4 Å². The highest BCUT2D eigenvalue weighted by molar-refractivity contribution is 5.99. The summed E-state index contributed by atoms with van der Waals surface area (Å²) in [5.41, 5.74) is 8.73. The van der Waals surface area contributed by atoms with Crippen LogP contribution in [0.2, 0.25) is 0 Å². The second-order valence-electron chi connectivity index (χ2n) is 8.44. The molecule has 4 aromatic rings. The molecule has 0 aliphatic heterocycles. The molecule has 180 valence electrons. The second kappa shape index (κ2) is 11.6. The van der Waals surface area contributed by atoms with E-state index in [4.69, 9.17) is 5.73 Å². The largest absolute Gasteiger partial charge is 0.366 e. The van der Waals surface area contributed by atoms with Crippen LogP contribution in [0.5, 0.6) is 0 Å². The zero-order chi connectivity index (χ0) is 25.3. The number of rotatable bonds is 9. The zero-order valence-corrected chi connectivity index (χ0v) is 19.6. The van der Waals surface area contributed by atoms with Crippen LogP contribution in [0.4, 0.5) is 5.69 Å². The molecule has 3 amide bonds. The summed E-state index contributed by atoms with van der Waals surface area (Å²) in [6, 6.07) is 34.0. The molecule has 4 aromatic carbocycles. The average molecular weight is 478 g/mol. The lowest BCUT2D eigenvalue weighted by molar-refractivity contribution is -0.126. The number of carbonyl (C=O) groups excluding carboxylic acids is 3. The third-order valence-corrected chi connectivity index (χ3v) is 5.88. The summed E-state index contributed by atoms with van der Waals surface area (Å²) >= 11 is 0. The van der Waals surface area contributed by atoms with Crippen molar-refractivity contribution in [2.24, 2.45) is 5.73 Å². The summed E-state index contributed by atoms with van der Waals surface area (Å²) in [7, 11) is 0. The Labute approximate surface area is 210 Å². The van der Waals surface area contributed by atoms with Gasteiger partial charge < -0.3 is 16.4 Å². The van der Waals surface area contributed by atoms with Gasteiger partial charge >= 0.3 is 0 Å². The maximum absolute atomic E-state index is 13.7. The van der Waals surface area contributed by atoms with Crippen molar-refractivity contribution in [2.75, 3.05) is 5.32 Å². The molecular weight excluding hydrogens is 450 g/mol. The fourth-order valence-electron chi connectivity index (χ4n) is 4.05. The molecule has 0 aliphatic carbocycles. The van der Waals surface area contributed by atoms with E-state index in [1.165, 1.54) is 0 Å². The molecule has 0 bridgehead atoms. The van der Waals surface area contributed by atoms with E-state index in [2.05, 4.69) is 10.6 Å². The Morgan fingerprint density at radius 3 is 1.64 bits per heavy atom.